The van der Waals surface area contributed by atoms with Crippen LogP contribution in [0.4, 0.5) is 0 Å². The fourth-order valence-electron chi connectivity index (χ4n) is 3.63. The molecule has 26 heavy (non-hydrogen) atoms. The van der Waals surface area contributed by atoms with E-state index in [0.29, 0.717) is 12.1 Å². The second-order valence-corrected chi connectivity index (χ2v) is 7.07. The molecule has 134 valence electrons. The van der Waals surface area contributed by atoms with E-state index in [0.717, 1.165) is 36.2 Å². The molecule has 0 spiro atoms. The van der Waals surface area contributed by atoms with Crippen molar-refractivity contribution in [3.8, 4) is 0 Å². The van der Waals surface area contributed by atoms with E-state index in [2.05, 4.69) is 26.7 Å². The highest BCUT2D eigenvalue weighted by molar-refractivity contribution is 5.94. The van der Waals surface area contributed by atoms with E-state index in [1.165, 1.54) is 11.3 Å². The Hall–Kier alpha value is -2.89. The van der Waals surface area contributed by atoms with Gasteiger partial charge < -0.3 is 5.32 Å². The van der Waals surface area contributed by atoms with Crippen molar-refractivity contribution in [1.29, 1.82) is 0 Å². The van der Waals surface area contributed by atoms with E-state index in [9.17, 15) is 4.79 Å². The highest BCUT2D eigenvalue weighted by Gasteiger charge is 2.22. The number of nitrogens with zero attached hydrogens (tertiary/aromatic N) is 3. The summed E-state index contributed by atoms with van der Waals surface area (Å²) in [6.07, 6.45) is 4.57. The molecule has 1 aromatic carbocycles. The number of carbonyl (C=O) groups excluding carboxylic acids is 1. The van der Waals surface area contributed by atoms with Crippen molar-refractivity contribution >= 4 is 5.91 Å². The highest BCUT2D eigenvalue weighted by Crippen LogP contribution is 2.19. The van der Waals surface area contributed by atoms with Crippen molar-refractivity contribution in [3.05, 3.63) is 70.3 Å². The first-order chi connectivity index (χ1) is 12.6. The molecule has 2 heterocycles. The van der Waals surface area contributed by atoms with Gasteiger partial charge in [0.1, 0.15) is 0 Å². The Labute approximate surface area is 152 Å². The summed E-state index contributed by atoms with van der Waals surface area (Å²) in [6.45, 7) is 4.70. The maximum absolute atomic E-state index is 12.7. The fraction of sp³-hybridized carbons (Fsp3) is 0.350. The van der Waals surface area contributed by atoms with Gasteiger partial charge in [-0.2, -0.15) is 10.2 Å². The molecule has 0 radical (unpaired) electrons. The van der Waals surface area contributed by atoms with Crippen LogP contribution in [-0.4, -0.2) is 31.9 Å². The number of fused-ring (bicyclic) bond motifs is 1. The van der Waals surface area contributed by atoms with Gasteiger partial charge in [-0.25, -0.2) is 0 Å². The van der Waals surface area contributed by atoms with Crippen molar-refractivity contribution in [2.24, 2.45) is 0 Å². The molecule has 1 atom stereocenters. The number of amides is 1. The molecule has 1 unspecified atom stereocenters. The number of rotatable bonds is 4. The summed E-state index contributed by atoms with van der Waals surface area (Å²) in [7, 11) is 0. The van der Waals surface area contributed by atoms with Gasteiger partial charge in [0.25, 0.3) is 5.91 Å². The average Bonchev–Trinajstić information content (AvgIpc) is 3.21. The van der Waals surface area contributed by atoms with Crippen LogP contribution in [0.1, 0.15) is 45.0 Å². The third kappa shape index (κ3) is 3.40. The van der Waals surface area contributed by atoms with Gasteiger partial charge in [0, 0.05) is 23.0 Å². The topological polar surface area (TPSA) is 75.6 Å². The summed E-state index contributed by atoms with van der Waals surface area (Å²) in [4.78, 5) is 12.7. The smallest absolute Gasteiger partial charge is 0.251 e. The van der Waals surface area contributed by atoms with Crippen LogP contribution in [0.5, 0.6) is 0 Å². The number of hydrogen-bond donors (Lipinski definition) is 2. The van der Waals surface area contributed by atoms with Crippen LogP contribution in [0.3, 0.4) is 0 Å². The highest BCUT2D eigenvalue weighted by atomic mass is 16.1. The Morgan fingerprint density at radius 2 is 2.23 bits per heavy atom. The van der Waals surface area contributed by atoms with Gasteiger partial charge in [-0.1, -0.05) is 12.1 Å². The molecule has 3 aromatic rings. The number of hydrogen-bond acceptors (Lipinski definition) is 3. The van der Waals surface area contributed by atoms with Crippen LogP contribution in [0, 0.1) is 13.8 Å². The van der Waals surface area contributed by atoms with Crippen molar-refractivity contribution in [3.63, 3.8) is 0 Å². The zero-order valence-electron chi connectivity index (χ0n) is 15.1. The lowest BCUT2D eigenvalue weighted by Gasteiger charge is -2.23. The summed E-state index contributed by atoms with van der Waals surface area (Å²) in [5.41, 5.74) is 6.30. The fourth-order valence-corrected chi connectivity index (χ4v) is 3.63. The van der Waals surface area contributed by atoms with Gasteiger partial charge in [0.05, 0.1) is 18.4 Å². The summed E-state index contributed by atoms with van der Waals surface area (Å²) >= 11 is 0. The lowest BCUT2D eigenvalue weighted by atomic mass is 9.93. The minimum Gasteiger partial charge on any atom is -0.349 e. The van der Waals surface area contributed by atoms with Crippen molar-refractivity contribution in [2.75, 3.05) is 0 Å². The molecule has 6 nitrogen and oxygen atoms in total. The maximum Gasteiger partial charge on any atom is 0.251 e. The van der Waals surface area contributed by atoms with E-state index in [4.69, 9.17) is 0 Å². The number of aromatic amines is 1. The molecule has 2 N–H and O–H groups in total. The van der Waals surface area contributed by atoms with Gasteiger partial charge in [0.2, 0.25) is 0 Å². The summed E-state index contributed by atoms with van der Waals surface area (Å²) < 4.78 is 1.97. The normalized spacial score (nSPS) is 16.3. The van der Waals surface area contributed by atoms with Gasteiger partial charge in [0.15, 0.2) is 0 Å². The number of nitrogens with one attached hydrogen (secondary N) is 2. The van der Waals surface area contributed by atoms with Crippen LogP contribution in [0.2, 0.25) is 0 Å². The molecule has 1 aliphatic carbocycles. The first-order valence-corrected chi connectivity index (χ1v) is 9.00. The SMILES string of the molecule is Cc1cc(C)n(Cc2cccc(C(=O)NC3CCc4[nH]ncc4C3)c2)n1. The largest absolute Gasteiger partial charge is 0.349 e. The summed E-state index contributed by atoms with van der Waals surface area (Å²) in [5, 5.41) is 14.8. The van der Waals surface area contributed by atoms with E-state index in [1.54, 1.807) is 0 Å². The average molecular weight is 349 g/mol. The Morgan fingerprint density at radius 1 is 1.35 bits per heavy atom. The first-order valence-electron chi connectivity index (χ1n) is 9.00. The minimum atomic E-state index is -0.0165. The van der Waals surface area contributed by atoms with E-state index >= 15 is 0 Å². The second-order valence-electron chi connectivity index (χ2n) is 7.07. The maximum atomic E-state index is 12.7. The molecule has 6 heteroatoms. The zero-order valence-corrected chi connectivity index (χ0v) is 15.1. The molecule has 0 bridgehead atoms. The minimum absolute atomic E-state index is 0.0165. The molecule has 0 saturated heterocycles. The van der Waals surface area contributed by atoms with Crippen LogP contribution >= 0.6 is 0 Å². The number of carbonyl (C=O) groups is 1. The lowest BCUT2D eigenvalue weighted by molar-refractivity contribution is 0.0933. The van der Waals surface area contributed by atoms with Crippen LogP contribution in [-0.2, 0) is 19.4 Å². The lowest BCUT2D eigenvalue weighted by Crippen LogP contribution is -2.38. The van der Waals surface area contributed by atoms with Gasteiger partial charge in [-0.3, -0.25) is 14.6 Å². The predicted octanol–water partition coefficient (Wildman–Crippen LogP) is 2.56. The Morgan fingerprint density at radius 3 is 3.04 bits per heavy atom. The number of aryl methyl sites for hydroxylation is 3. The van der Waals surface area contributed by atoms with Crippen LogP contribution < -0.4 is 5.32 Å². The summed E-state index contributed by atoms with van der Waals surface area (Å²) in [6, 6.07) is 10.0. The molecule has 1 amide bonds. The van der Waals surface area contributed by atoms with E-state index in [-0.39, 0.29) is 11.9 Å². The first kappa shape index (κ1) is 16.6. The predicted molar refractivity (Wildman–Crippen MR) is 99.1 cm³/mol. The third-order valence-electron chi connectivity index (χ3n) is 4.98. The van der Waals surface area contributed by atoms with Crippen LogP contribution in [0.25, 0.3) is 0 Å². The Bertz CT molecular complexity index is 939. The molecule has 0 saturated carbocycles. The van der Waals surface area contributed by atoms with Gasteiger partial charge >= 0.3 is 0 Å². The van der Waals surface area contributed by atoms with Crippen LogP contribution in [0.15, 0.2) is 36.5 Å². The van der Waals surface area contributed by atoms with Gasteiger partial charge in [-0.05, 0) is 62.4 Å². The second kappa shape index (κ2) is 6.78. The standard InChI is InChI=1S/C20H23N5O/c1-13-8-14(2)25(24-13)12-15-4-3-5-16(9-15)20(26)22-18-6-7-19-17(10-18)11-21-23-19/h3-5,8-9,11,18H,6-7,10,12H2,1-2H3,(H,21,23)(H,22,26). The summed E-state index contributed by atoms with van der Waals surface area (Å²) in [5.74, 6) is -0.0165. The molecular formula is C20H23N5O. The molecule has 2 aromatic heterocycles. The molecule has 0 fully saturated rings. The third-order valence-corrected chi connectivity index (χ3v) is 4.98. The number of aromatic nitrogens is 4. The molecule has 0 aliphatic heterocycles. The van der Waals surface area contributed by atoms with E-state index < -0.39 is 0 Å². The zero-order chi connectivity index (χ0) is 18.1. The Balaban J connectivity index is 1.44. The quantitative estimate of drug-likeness (QED) is 0.760. The molecular weight excluding hydrogens is 326 g/mol. The Kier molecular flexibility index (Phi) is 4.32. The van der Waals surface area contributed by atoms with E-state index in [1.807, 2.05) is 49.0 Å². The van der Waals surface area contributed by atoms with Crippen molar-refractivity contribution < 1.29 is 4.79 Å². The monoisotopic (exact) mass is 349 g/mol. The van der Waals surface area contributed by atoms with Crippen molar-refractivity contribution in [2.45, 2.75) is 45.7 Å². The molecule has 4 rings (SSSR count). The molecule has 1 aliphatic rings. The number of benzene rings is 1. The number of H-pyrrole nitrogens is 1. The van der Waals surface area contributed by atoms with Crippen molar-refractivity contribution in [1.82, 2.24) is 25.3 Å². The van der Waals surface area contributed by atoms with Gasteiger partial charge in [-0.15, -0.1) is 0 Å².